The Hall–Kier alpha value is -3.65. The number of hydrogen-bond acceptors (Lipinski definition) is 7. The number of thioether (sulfide) groups is 1. The predicted octanol–water partition coefficient (Wildman–Crippen LogP) is 4.40. The number of carbonyl (C=O) groups excluding carboxylic acids is 2. The Kier molecular flexibility index (Phi) is 7.28. The molecule has 2 aromatic heterocycles. The number of hydrogen-bond donors (Lipinski definition) is 2. The standard InChI is InChI=1S/C26H20ClN5O3S2/c27-17-9-11-18(12-10-17)32-25(35)22-19-3-1-2-4-20(19)37-24(22)29-26(32)36-14-21(33)30-31-23(34)16-7-5-15(13-28)6-8-16/h5-12H,1-4,14H2,(H,30,33)(H,31,34). The average Bonchev–Trinajstić information content (AvgIpc) is 3.30. The monoisotopic (exact) mass is 549 g/mol. The molecule has 0 atom stereocenters. The summed E-state index contributed by atoms with van der Waals surface area (Å²) in [5.41, 5.74) is 7.01. The minimum Gasteiger partial charge on any atom is -0.272 e. The van der Waals surface area contributed by atoms with Crippen LogP contribution in [-0.2, 0) is 17.6 Å². The first-order valence-corrected chi connectivity index (χ1v) is 13.7. The van der Waals surface area contributed by atoms with Crippen LogP contribution in [0.4, 0.5) is 0 Å². The Morgan fingerprint density at radius 1 is 1.08 bits per heavy atom. The Morgan fingerprint density at radius 2 is 1.81 bits per heavy atom. The lowest BCUT2D eigenvalue weighted by Gasteiger charge is -2.14. The molecule has 2 N–H and O–H groups in total. The van der Waals surface area contributed by atoms with E-state index in [0.717, 1.165) is 43.0 Å². The fraction of sp³-hybridized carbons (Fsp3) is 0.192. The summed E-state index contributed by atoms with van der Waals surface area (Å²) in [6.45, 7) is 0. The van der Waals surface area contributed by atoms with Crippen LogP contribution in [-0.4, -0.2) is 27.1 Å². The number of nitrogens with zero attached hydrogens (tertiary/aromatic N) is 3. The summed E-state index contributed by atoms with van der Waals surface area (Å²) in [7, 11) is 0. The van der Waals surface area contributed by atoms with Crippen molar-refractivity contribution in [3.05, 3.63) is 85.5 Å². The van der Waals surface area contributed by atoms with E-state index in [1.807, 2.05) is 6.07 Å². The number of aromatic nitrogens is 2. The van der Waals surface area contributed by atoms with Crippen LogP contribution < -0.4 is 16.4 Å². The van der Waals surface area contributed by atoms with E-state index in [2.05, 4.69) is 10.9 Å². The molecule has 0 unspecified atom stereocenters. The van der Waals surface area contributed by atoms with Crippen molar-refractivity contribution in [3.8, 4) is 11.8 Å². The van der Waals surface area contributed by atoms with E-state index in [-0.39, 0.29) is 11.3 Å². The topological polar surface area (TPSA) is 117 Å². The number of aryl methyl sites for hydroxylation is 2. The van der Waals surface area contributed by atoms with Crippen LogP contribution in [0.25, 0.3) is 15.9 Å². The molecule has 37 heavy (non-hydrogen) atoms. The van der Waals surface area contributed by atoms with E-state index < -0.39 is 11.8 Å². The zero-order valence-corrected chi connectivity index (χ0v) is 21.8. The molecule has 8 nitrogen and oxygen atoms in total. The summed E-state index contributed by atoms with van der Waals surface area (Å²) in [5, 5.41) is 10.5. The molecule has 0 fully saturated rings. The fourth-order valence-corrected chi connectivity index (χ4v) is 6.40. The van der Waals surface area contributed by atoms with Crippen molar-refractivity contribution in [2.24, 2.45) is 0 Å². The highest BCUT2D eigenvalue weighted by Gasteiger charge is 2.23. The number of hydrazine groups is 1. The molecule has 5 rings (SSSR count). The molecule has 1 aliphatic carbocycles. The molecule has 0 aliphatic heterocycles. The van der Waals surface area contributed by atoms with E-state index in [0.29, 0.717) is 37.2 Å². The molecular weight excluding hydrogens is 530 g/mol. The third kappa shape index (κ3) is 5.25. The maximum Gasteiger partial charge on any atom is 0.269 e. The lowest BCUT2D eigenvalue weighted by molar-refractivity contribution is -0.119. The highest BCUT2D eigenvalue weighted by Crippen LogP contribution is 2.35. The lowest BCUT2D eigenvalue weighted by atomic mass is 9.97. The highest BCUT2D eigenvalue weighted by molar-refractivity contribution is 7.99. The van der Waals surface area contributed by atoms with Gasteiger partial charge in [0, 0.05) is 15.5 Å². The molecule has 4 aromatic rings. The molecule has 186 valence electrons. The van der Waals surface area contributed by atoms with Crippen LogP contribution in [0.15, 0.2) is 58.5 Å². The van der Waals surface area contributed by atoms with Gasteiger partial charge >= 0.3 is 0 Å². The minimum absolute atomic E-state index is 0.0791. The first-order chi connectivity index (χ1) is 17.9. The number of fused-ring (bicyclic) bond motifs is 3. The van der Waals surface area contributed by atoms with Crippen molar-refractivity contribution >= 4 is 56.7 Å². The number of rotatable bonds is 5. The highest BCUT2D eigenvalue weighted by atomic mass is 35.5. The van der Waals surface area contributed by atoms with Gasteiger partial charge in [-0.2, -0.15) is 5.26 Å². The van der Waals surface area contributed by atoms with Gasteiger partial charge in [-0.15, -0.1) is 11.3 Å². The van der Waals surface area contributed by atoms with Gasteiger partial charge in [0.25, 0.3) is 11.5 Å². The van der Waals surface area contributed by atoms with E-state index in [9.17, 15) is 14.4 Å². The molecule has 2 amide bonds. The van der Waals surface area contributed by atoms with Crippen molar-refractivity contribution in [2.75, 3.05) is 5.75 Å². The van der Waals surface area contributed by atoms with Gasteiger partial charge in [0.1, 0.15) is 4.83 Å². The maximum absolute atomic E-state index is 13.7. The predicted molar refractivity (Wildman–Crippen MR) is 144 cm³/mol. The van der Waals surface area contributed by atoms with E-state index >= 15 is 0 Å². The van der Waals surface area contributed by atoms with E-state index in [1.165, 1.54) is 33.7 Å². The van der Waals surface area contributed by atoms with Crippen molar-refractivity contribution in [1.29, 1.82) is 5.26 Å². The fourth-order valence-electron chi connectivity index (χ4n) is 4.16. The van der Waals surface area contributed by atoms with Crippen molar-refractivity contribution in [2.45, 2.75) is 30.8 Å². The van der Waals surface area contributed by atoms with Gasteiger partial charge in [0.2, 0.25) is 5.91 Å². The Bertz CT molecular complexity index is 1610. The summed E-state index contributed by atoms with van der Waals surface area (Å²) in [6, 6.07) is 14.9. The van der Waals surface area contributed by atoms with Crippen LogP contribution in [0.3, 0.4) is 0 Å². The molecule has 0 saturated heterocycles. The minimum atomic E-state index is -0.510. The zero-order valence-electron chi connectivity index (χ0n) is 19.4. The van der Waals surface area contributed by atoms with Gasteiger partial charge < -0.3 is 0 Å². The van der Waals surface area contributed by atoms with Crippen LogP contribution in [0.2, 0.25) is 5.02 Å². The van der Waals surface area contributed by atoms with Crippen molar-refractivity contribution < 1.29 is 9.59 Å². The first-order valence-electron chi connectivity index (χ1n) is 11.5. The van der Waals surface area contributed by atoms with Crippen molar-refractivity contribution in [1.82, 2.24) is 20.4 Å². The molecule has 11 heteroatoms. The van der Waals surface area contributed by atoms with Gasteiger partial charge in [-0.25, -0.2) is 4.98 Å². The maximum atomic E-state index is 13.7. The molecule has 2 aromatic carbocycles. The van der Waals surface area contributed by atoms with Gasteiger partial charge in [-0.05, 0) is 79.8 Å². The quantitative estimate of drug-likeness (QED) is 0.216. The van der Waals surface area contributed by atoms with Crippen LogP contribution in [0, 0.1) is 11.3 Å². The summed E-state index contributed by atoms with van der Waals surface area (Å²) in [5.74, 6) is -1.05. The number of nitriles is 1. The van der Waals surface area contributed by atoms with E-state index in [1.54, 1.807) is 35.6 Å². The number of thiophene rings is 1. The first kappa shape index (κ1) is 25.0. The smallest absolute Gasteiger partial charge is 0.269 e. The number of nitrogens with one attached hydrogen (secondary N) is 2. The molecule has 0 saturated carbocycles. The summed E-state index contributed by atoms with van der Waals surface area (Å²) in [6.07, 6.45) is 3.95. The second-order valence-electron chi connectivity index (χ2n) is 8.38. The van der Waals surface area contributed by atoms with Crippen LogP contribution in [0.5, 0.6) is 0 Å². The molecule has 0 spiro atoms. The normalized spacial score (nSPS) is 12.5. The Labute approximate surface area is 225 Å². The number of benzene rings is 2. The van der Waals surface area contributed by atoms with Crippen molar-refractivity contribution in [3.63, 3.8) is 0 Å². The van der Waals surface area contributed by atoms with Crippen LogP contribution in [0.1, 0.15) is 39.2 Å². The Morgan fingerprint density at radius 3 is 2.54 bits per heavy atom. The third-order valence-electron chi connectivity index (χ3n) is 5.97. The second-order valence-corrected chi connectivity index (χ2v) is 10.8. The average molecular weight is 550 g/mol. The van der Waals surface area contributed by atoms with Gasteiger partial charge in [-0.1, -0.05) is 23.4 Å². The lowest BCUT2D eigenvalue weighted by Crippen LogP contribution is -2.42. The second kappa shape index (κ2) is 10.8. The molecule has 1 aliphatic rings. The van der Waals surface area contributed by atoms with Gasteiger partial charge in [0.15, 0.2) is 5.16 Å². The summed E-state index contributed by atoms with van der Waals surface area (Å²) < 4.78 is 1.52. The zero-order chi connectivity index (χ0) is 25.9. The molecule has 2 heterocycles. The molecular formula is C26H20ClN5O3S2. The number of carbonyl (C=O) groups is 2. The van der Waals surface area contributed by atoms with Gasteiger partial charge in [0.05, 0.1) is 28.5 Å². The summed E-state index contributed by atoms with van der Waals surface area (Å²) in [4.78, 5) is 45.2. The third-order valence-corrected chi connectivity index (χ3v) is 8.34. The summed E-state index contributed by atoms with van der Waals surface area (Å²) >= 11 is 8.72. The number of halogens is 1. The molecule has 0 radical (unpaired) electrons. The largest absolute Gasteiger partial charge is 0.272 e. The molecule has 0 bridgehead atoms. The SMILES string of the molecule is N#Cc1ccc(C(=O)NNC(=O)CSc2nc3sc4c(c3c(=O)n2-c2ccc(Cl)cc2)CCCC4)cc1. The van der Waals surface area contributed by atoms with Gasteiger partial charge in [-0.3, -0.25) is 29.8 Å². The van der Waals surface area contributed by atoms with E-state index in [4.69, 9.17) is 21.8 Å². The number of amides is 2. The Balaban J connectivity index is 1.38. The van der Waals surface area contributed by atoms with Crippen LogP contribution >= 0.6 is 34.7 Å².